The topological polar surface area (TPSA) is 74.8 Å². The quantitative estimate of drug-likeness (QED) is 0.621. The summed E-state index contributed by atoms with van der Waals surface area (Å²) < 4.78 is 56.0. The number of piperazine rings is 1. The summed E-state index contributed by atoms with van der Waals surface area (Å²) in [5.41, 5.74) is 2.47. The van der Waals surface area contributed by atoms with Gasteiger partial charge in [0.15, 0.2) is 0 Å². The number of halogens is 2. The number of nitrogens with zero attached hydrogens (tertiary/aromatic N) is 2. The number of benzene rings is 2. The summed E-state index contributed by atoms with van der Waals surface area (Å²) in [6.45, 7) is 8.83. The molecule has 1 aliphatic heterocycles. The van der Waals surface area contributed by atoms with Crippen molar-refractivity contribution in [2.75, 3.05) is 19.6 Å². The van der Waals surface area contributed by atoms with Gasteiger partial charge in [-0.25, -0.2) is 16.8 Å². The molecular formula is C21H26Cl2N2O4S2. The Morgan fingerprint density at radius 2 is 1.19 bits per heavy atom. The molecular weight excluding hydrogens is 479 g/mol. The lowest BCUT2D eigenvalue weighted by Gasteiger charge is -2.38. The largest absolute Gasteiger partial charge is 0.243 e. The van der Waals surface area contributed by atoms with Crippen molar-refractivity contribution in [1.82, 2.24) is 8.61 Å². The molecule has 0 aliphatic carbocycles. The average molecular weight is 505 g/mol. The van der Waals surface area contributed by atoms with E-state index in [0.29, 0.717) is 32.3 Å². The normalized spacial score (nSPS) is 19.0. The minimum Gasteiger partial charge on any atom is -0.207 e. The molecule has 31 heavy (non-hydrogen) atoms. The van der Waals surface area contributed by atoms with Crippen LogP contribution in [0.25, 0.3) is 0 Å². The average Bonchev–Trinajstić information content (AvgIpc) is 2.66. The van der Waals surface area contributed by atoms with E-state index in [0.717, 1.165) is 0 Å². The second-order valence-electron chi connectivity index (χ2n) is 8.06. The van der Waals surface area contributed by atoms with E-state index in [1.165, 1.54) is 8.61 Å². The van der Waals surface area contributed by atoms with Crippen LogP contribution in [0.5, 0.6) is 0 Å². The van der Waals surface area contributed by atoms with Crippen LogP contribution in [0, 0.1) is 27.7 Å². The second-order valence-corrected chi connectivity index (χ2v) is 12.6. The van der Waals surface area contributed by atoms with Crippen molar-refractivity contribution in [3.05, 3.63) is 56.6 Å². The first-order chi connectivity index (χ1) is 14.3. The number of hydrogen-bond donors (Lipinski definition) is 0. The smallest absolute Gasteiger partial charge is 0.207 e. The fourth-order valence-corrected chi connectivity index (χ4v) is 7.96. The van der Waals surface area contributed by atoms with Crippen molar-refractivity contribution in [2.24, 2.45) is 0 Å². The predicted molar refractivity (Wildman–Crippen MR) is 124 cm³/mol. The monoisotopic (exact) mass is 504 g/mol. The molecule has 6 nitrogen and oxygen atoms in total. The second kappa shape index (κ2) is 8.65. The van der Waals surface area contributed by atoms with Gasteiger partial charge in [0.25, 0.3) is 0 Å². The standard InChI is InChI=1S/C21H26Cl2N2O4S2/c1-13-10-20(15(3)8-18(13)22)30(26,27)24-6-7-25(17(5)12-24)31(28,29)21-11-14(2)19(23)9-16(21)4/h8-11,17H,6-7,12H2,1-5H3. The zero-order valence-corrected chi connectivity index (χ0v) is 21.3. The van der Waals surface area contributed by atoms with E-state index in [1.54, 1.807) is 58.9 Å². The van der Waals surface area contributed by atoms with Crippen LogP contribution in [0.2, 0.25) is 10.0 Å². The van der Waals surface area contributed by atoms with E-state index < -0.39 is 26.1 Å². The first kappa shape index (κ1) is 24.5. The SMILES string of the molecule is Cc1cc(S(=O)(=O)N2CCN(S(=O)(=O)c3cc(C)c(Cl)cc3C)C(C)C2)c(C)cc1Cl. The molecule has 1 fully saturated rings. The summed E-state index contributed by atoms with van der Waals surface area (Å²) in [5, 5.41) is 1.02. The summed E-state index contributed by atoms with van der Waals surface area (Å²) in [6.07, 6.45) is 0. The molecule has 0 N–H and O–H groups in total. The van der Waals surface area contributed by atoms with Crippen LogP contribution in [0.1, 0.15) is 29.2 Å². The van der Waals surface area contributed by atoms with Crippen LogP contribution >= 0.6 is 23.2 Å². The van der Waals surface area contributed by atoms with Crippen molar-refractivity contribution < 1.29 is 16.8 Å². The van der Waals surface area contributed by atoms with E-state index in [-0.39, 0.29) is 29.4 Å². The minimum absolute atomic E-state index is 0.0638. The molecule has 0 bridgehead atoms. The predicted octanol–water partition coefficient (Wildman–Crippen LogP) is 4.31. The van der Waals surface area contributed by atoms with E-state index in [4.69, 9.17) is 23.2 Å². The van der Waals surface area contributed by atoms with Crippen molar-refractivity contribution >= 4 is 43.2 Å². The maximum atomic E-state index is 13.3. The molecule has 0 spiro atoms. The zero-order chi connectivity index (χ0) is 23.3. The van der Waals surface area contributed by atoms with E-state index in [1.807, 2.05) is 0 Å². The van der Waals surface area contributed by atoms with Gasteiger partial charge in [-0.1, -0.05) is 23.2 Å². The van der Waals surface area contributed by atoms with Crippen LogP contribution in [-0.4, -0.2) is 51.1 Å². The lowest BCUT2D eigenvalue weighted by molar-refractivity contribution is 0.212. The Labute approximate surface area is 194 Å². The number of aryl methyl sites for hydroxylation is 4. The highest BCUT2D eigenvalue weighted by atomic mass is 35.5. The maximum absolute atomic E-state index is 13.3. The molecule has 10 heteroatoms. The lowest BCUT2D eigenvalue weighted by atomic mass is 10.2. The Morgan fingerprint density at radius 3 is 1.65 bits per heavy atom. The molecule has 0 radical (unpaired) electrons. The van der Waals surface area contributed by atoms with Crippen LogP contribution in [0.4, 0.5) is 0 Å². The summed E-state index contributed by atoms with van der Waals surface area (Å²) in [5.74, 6) is 0. The van der Waals surface area contributed by atoms with Gasteiger partial charge in [0.2, 0.25) is 20.0 Å². The van der Waals surface area contributed by atoms with Crippen molar-refractivity contribution in [3.8, 4) is 0 Å². The Balaban J connectivity index is 1.90. The van der Waals surface area contributed by atoms with Gasteiger partial charge in [-0.15, -0.1) is 0 Å². The molecule has 0 aromatic heterocycles. The van der Waals surface area contributed by atoms with Crippen molar-refractivity contribution in [3.63, 3.8) is 0 Å². The molecule has 1 aliphatic rings. The molecule has 0 amide bonds. The third-order valence-corrected chi connectivity index (χ3v) is 10.6. The van der Waals surface area contributed by atoms with Gasteiger partial charge in [0.1, 0.15) is 0 Å². The summed E-state index contributed by atoms with van der Waals surface area (Å²) >= 11 is 12.2. The van der Waals surface area contributed by atoms with Crippen molar-refractivity contribution in [1.29, 1.82) is 0 Å². The molecule has 2 aromatic rings. The summed E-state index contributed by atoms with van der Waals surface area (Å²) in [6, 6.07) is 5.89. The Hall–Kier alpha value is -1.16. The summed E-state index contributed by atoms with van der Waals surface area (Å²) in [4.78, 5) is 0.392. The first-order valence-electron chi connectivity index (χ1n) is 9.82. The molecule has 3 rings (SSSR count). The highest BCUT2D eigenvalue weighted by Gasteiger charge is 2.39. The molecule has 1 saturated heterocycles. The van der Waals surface area contributed by atoms with Gasteiger partial charge in [-0.3, -0.25) is 0 Å². The fourth-order valence-electron chi connectivity index (χ4n) is 3.81. The highest BCUT2D eigenvalue weighted by Crippen LogP contribution is 2.31. The third-order valence-electron chi connectivity index (χ3n) is 5.65. The molecule has 1 heterocycles. The molecule has 170 valence electrons. The molecule has 2 aromatic carbocycles. The van der Waals surface area contributed by atoms with E-state index >= 15 is 0 Å². The van der Waals surface area contributed by atoms with Crippen LogP contribution in [-0.2, 0) is 20.0 Å². The molecule has 0 saturated carbocycles. The molecule has 1 unspecified atom stereocenters. The van der Waals surface area contributed by atoms with E-state index in [9.17, 15) is 16.8 Å². The number of hydrogen-bond acceptors (Lipinski definition) is 4. The van der Waals surface area contributed by atoms with Crippen LogP contribution in [0.15, 0.2) is 34.1 Å². The Morgan fingerprint density at radius 1 is 0.742 bits per heavy atom. The number of sulfonamides is 2. The van der Waals surface area contributed by atoms with Gasteiger partial charge in [-0.05, 0) is 81.1 Å². The lowest BCUT2D eigenvalue weighted by Crippen LogP contribution is -2.55. The van der Waals surface area contributed by atoms with Crippen LogP contribution in [0.3, 0.4) is 0 Å². The maximum Gasteiger partial charge on any atom is 0.243 e. The highest BCUT2D eigenvalue weighted by molar-refractivity contribution is 7.89. The molecule has 1 atom stereocenters. The minimum atomic E-state index is -3.80. The van der Waals surface area contributed by atoms with Crippen molar-refractivity contribution in [2.45, 2.75) is 50.5 Å². The Kier molecular flexibility index (Phi) is 6.83. The van der Waals surface area contributed by atoms with E-state index in [2.05, 4.69) is 0 Å². The first-order valence-corrected chi connectivity index (χ1v) is 13.5. The zero-order valence-electron chi connectivity index (χ0n) is 18.1. The summed E-state index contributed by atoms with van der Waals surface area (Å²) in [7, 11) is -7.58. The van der Waals surface area contributed by atoms with Gasteiger partial charge < -0.3 is 0 Å². The van der Waals surface area contributed by atoms with Gasteiger partial charge in [0, 0.05) is 35.7 Å². The van der Waals surface area contributed by atoms with Crippen LogP contribution < -0.4 is 0 Å². The Bertz CT molecular complexity index is 1240. The third kappa shape index (κ3) is 4.51. The van der Waals surface area contributed by atoms with Gasteiger partial charge >= 0.3 is 0 Å². The number of rotatable bonds is 4. The van der Waals surface area contributed by atoms with Gasteiger partial charge in [-0.2, -0.15) is 8.61 Å². The fraction of sp³-hybridized carbons (Fsp3) is 0.429. The van der Waals surface area contributed by atoms with Gasteiger partial charge in [0.05, 0.1) is 9.79 Å².